The molecule has 2 rings (SSSR count). The van der Waals surface area contributed by atoms with Crippen molar-refractivity contribution < 1.29 is 9.53 Å². The lowest BCUT2D eigenvalue weighted by molar-refractivity contribution is 0.0957. The number of rotatable bonds is 4. The third kappa shape index (κ3) is 3.56. The summed E-state index contributed by atoms with van der Waals surface area (Å²) >= 11 is 4.78. The average Bonchev–Trinajstić information content (AvgIpc) is 2.79. The van der Waals surface area contributed by atoms with Crippen molar-refractivity contribution in [2.24, 2.45) is 5.84 Å². The molecule has 0 spiro atoms. The van der Waals surface area contributed by atoms with Crippen LogP contribution >= 0.6 is 27.3 Å². The molecule has 0 aliphatic rings. The highest BCUT2D eigenvalue weighted by molar-refractivity contribution is 9.10. The van der Waals surface area contributed by atoms with Gasteiger partial charge in [-0.05, 0) is 37.3 Å². The van der Waals surface area contributed by atoms with Gasteiger partial charge in [-0.1, -0.05) is 15.9 Å². The monoisotopic (exact) mass is 340 g/mol. The number of hydrazine groups is 1. The van der Waals surface area contributed by atoms with Crippen LogP contribution in [-0.4, -0.2) is 5.91 Å². The van der Waals surface area contributed by atoms with Crippen molar-refractivity contribution in [1.29, 1.82) is 0 Å². The van der Waals surface area contributed by atoms with Crippen LogP contribution in [0.4, 0.5) is 0 Å². The lowest BCUT2D eigenvalue weighted by Crippen LogP contribution is -2.29. The molecular formula is C13H13BrN2O2S. The number of ether oxygens (including phenoxy) is 1. The van der Waals surface area contributed by atoms with Crippen LogP contribution in [0.25, 0.3) is 0 Å². The van der Waals surface area contributed by atoms with Crippen LogP contribution in [0.1, 0.15) is 20.1 Å². The fourth-order valence-electron chi connectivity index (χ4n) is 1.54. The minimum atomic E-state index is -0.275. The number of hydrogen-bond donors (Lipinski definition) is 2. The van der Waals surface area contributed by atoms with E-state index in [1.807, 2.05) is 31.2 Å². The Hall–Kier alpha value is -1.37. The summed E-state index contributed by atoms with van der Waals surface area (Å²) in [6.45, 7) is 2.39. The zero-order valence-corrected chi connectivity index (χ0v) is 12.7. The Morgan fingerprint density at radius 3 is 2.74 bits per heavy atom. The first-order valence-electron chi connectivity index (χ1n) is 5.59. The Morgan fingerprint density at radius 2 is 2.11 bits per heavy atom. The van der Waals surface area contributed by atoms with Gasteiger partial charge in [-0.25, -0.2) is 5.84 Å². The van der Waals surface area contributed by atoms with Crippen molar-refractivity contribution in [3.05, 3.63) is 50.1 Å². The van der Waals surface area contributed by atoms with E-state index in [4.69, 9.17) is 10.6 Å². The summed E-state index contributed by atoms with van der Waals surface area (Å²) in [5.74, 6) is 5.63. The molecule has 0 radical (unpaired) electrons. The second-order valence-corrected chi connectivity index (χ2v) is 6.08. The minimum absolute atomic E-state index is 0.275. The molecule has 0 aliphatic heterocycles. The molecule has 1 aromatic heterocycles. The molecule has 0 fully saturated rings. The number of nitrogens with one attached hydrogen (secondary N) is 1. The molecule has 3 N–H and O–H groups in total. The van der Waals surface area contributed by atoms with Gasteiger partial charge in [0.15, 0.2) is 0 Å². The van der Waals surface area contributed by atoms with Crippen LogP contribution in [-0.2, 0) is 6.61 Å². The lowest BCUT2D eigenvalue weighted by atomic mass is 10.2. The summed E-state index contributed by atoms with van der Waals surface area (Å²) < 4.78 is 6.69. The van der Waals surface area contributed by atoms with Crippen molar-refractivity contribution in [2.75, 3.05) is 0 Å². The molecule has 1 heterocycles. The standard InChI is InChI=1S/C13H13BrN2O2S/c1-8-9(6-12(19-8)13(17)16-15)7-18-11-4-2-10(14)3-5-11/h2-6H,7,15H2,1H3,(H,16,17). The normalized spacial score (nSPS) is 10.3. The first-order chi connectivity index (χ1) is 9.10. The van der Waals surface area contributed by atoms with Crippen LogP contribution < -0.4 is 16.0 Å². The number of aryl methyl sites for hydroxylation is 1. The van der Waals surface area contributed by atoms with E-state index in [0.29, 0.717) is 11.5 Å². The van der Waals surface area contributed by atoms with Crippen molar-refractivity contribution in [1.82, 2.24) is 5.43 Å². The van der Waals surface area contributed by atoms with Crippen molar-refractivity contribution in [3.8, 4) is 5.75 Å². The first kappa shape index (κ1) is 14.0. The van der Waals surface area contributed by atoms with Gasteiger partial charge in [0.1, 0.15) is 12.4 Å². The van der Waals surface area contributed by atoms with Gasteiger partial charge in [-0.3, -0.25) is 10.2 Å². The van der Waals surface area contributed by atoms with E-state index in [1.165, 1.54) is 11.3 Å². The number of carbonyl (C=O) groups is 1. The van der Waals surface area contributed by atoms with Crippen LogP contribution in [0, 0.1) is 6.92 Å². The maximum atomic E-state index is 11.4. The van der Waals surface area contributed by atoms with Crippen LogP contribution in [0.2, 0.25) is 0 Å². The van der Waals surface area contributed by atoms with Gasteiger partial charge in [-0.2, -0.15) is 0 Å². The maximum absolute atomic E-state index is 11.4. The second-order valence-electron chi connectivity index (χ2n) is 3.91. The molecule has 19 heavy (non-hydrogen) atoms. The largest absolute Gasteiger partial charge is 0.489 e. The molecule has 0 saturated carbocycles. The lowest BCUT2D eigenvalue weighted by Gasteiger charge is -2.05. The number of benzene rings is 1. The highest BCUT2D eigenvalue weighted by atomic mass is 79.9. The molecule has 0 saturated heterocycles. The molecule has 100 valence electrons. The SMILES string of the molecule is Cc1sc(C(=O)NN)cc1COc1ccc(Br)cc1. The molecular weight excluding hydrogens is 328 g/mol. The summed E-state index contributed by atoms with van der Waals surface area (Å²) in [6, 6.07) is 9.42. The summed E-state index contributed by atoms with van der Waals surface area (Å²) in [7, 11) is 0. The second kappa shape index (κ2) is 6.18. The van der Waals surface area contributed by atoms with Crippen LogP contribution in [0.5, 0.6) is 5.75 Å². The van der Waals surface area contributed by atoms with E-state index in [2.05, 4.69) is 21.4 Å². The van der Waals surface area contributed by atoms with E-state index < -0.39 is 0 Å². The fraction of sp³-hybridized carbons (Fsp3) is 0.154. The molecule has 4 nitrogen and oxygen atoms in total. The van der Waals surface area contributed by atoms with Crippen LogP contribution in [0.15, 0.2) is 34.8 Å². The number of carbonyl (C=O) groups excluding carboxylic acids is 1. The van der Waals surface area contributed by atoms with E-state index in [0.717, 1.165) is 20.7 Å². The topological polar surface area (TPSA) is 64.4 Å². The molecule has 2 aromatic rings. The summed E-state index contributed by atoms with van der Waals surface area (Å²) in [5, 5.41) is 0. The maximum Gasteiger partial charge on any atom is 0.275 e. The first-order valence-corrected chi connectivity index (χ1v) is 7.19. The van der Waals surface area contributed by atoms with Gasteiger partial charge in [0, 0.05) is 14.9 Å². The van der Waals surface area contributed by atoms with Crippen molar-refractivity contribution in [2.45, 2.75) is 13.5 Å². The average molecular weight is 341 g/mol. The molecule has 0 aliphatic carbocycles. The third-order valence-electron chi connectivity index (χ3n) is 2.58. The van der Waals surface area contributed by atoms with Gasteiger partial charge in [0.05, 0.1) is 4.88 Å². The van der Waals surface area contributed by atoms with E-state index in [-0.39, 0.29) is 5.91 Å². The summed E-state index contributed by atoms with van der Waals surface area (Å²) in [4.78, 5) is 13.1. The summed E-state index contributed by atoms with van der Waals surface area (Å²) in [5.41, 5.74) is 3.12. The van der Waals surface area contributed by atoms with Gasteiger partial charge >= 0.3 is 0 Å². The number of nitrogen functional groups attached to an aromatic ring is 1. The molecule has 1 aromatic carbocycles. The quantitative estimate of drug-likeness (QED) is 0.510. The predicted molar refractivity (Wildman–Crippen MR) is 79.2 cm³/mol. The summed E-state index contributed by atoms with van der Waals surface area (Å²) in [6.07, 6.45) is 0. The number of amides is 1. The predicted octanol–water partition coefficient (Wildman–Crippen LogP) is 3.00. The molecule has 0 unspecified atom stereocenters. The Morgan fingerprint density at radius 1 is 1.42 bits per heavy atom. The molecule has 6 heteroatoms. The van der Waals surface area contributed by atoms with Crippen molar-refractivity contribution in [3.63, 3.8) is 0 Å². The fourth-order valence-corrected chi connectivity index (χ4v) is 2.73. The van der Waals surface area contributed by atoms with Crippen molar-refractivity contribution >= 4 is 33.2 Å². The van der Waals surface area contributed by atoms with E-state index in [9.17, 15) is 4.79 Å². The van der Waals surface area contributed by atoms with Gasteiger partial charge < -0.3 is 4.74 Å². The highest BCUT2D eigenvalue weighted by Gasteiger charge is 2.11. The van der Waals surface area contributed by atoms with E-state index >= 15 is 0 Å². The molecule has 0 atom stereocenters. The minimum Gasteiger partial charge on any atom is -0.489 e. The number of thiophene rings is 1. The Labute approximate surface area is 123 Å². The molecule has 0 bridgehead atoms. The zero-order chi connectivity index (χ0) is 13.8. The highest BCUT2D eigenvalue weighted by Crippen LogP contribution is 2.23. The van der Waals surface area contributed by atoms with E-state index in [1.54, 1.807) is 6.07 Å². The number of halogens is 1. The van der Waals surface area contributed by atoms with Gasteiger partial charge in [-0.15, -0.1) is 11.3 Å². The number of hydrogen-bond acceptors (Lipinski definition) is 4. The third-order valence-corrected chi connectivity index (χ3v) is 4.20. The Balaban J connectivity index is 2.05. The van der Waals surface area contributed by atoms with Gasteiger partial charge in [0.25, 0.3) is 5.91 Å². The Bertz CT molecular complexity index is 581. The smallest absolute Gasteiger partial charge is 0.275 e. The number of nitrogens with two attached hydrogens (primary N) is 1. The Kier molecular flexibility index (Phi) is 4.57. The molecule has 1 amide bonds. The zero-order valence-electron chi connectivity index (χ0n) is 10.3. The van der Waals surface area contributed by atoms with Crippen LogP contribution in [0.3, 0.4) is 0 Å². The van der Waals surface area contributed by atoms with Gasteiger partial charge in [0.2, 0.25) is 0 Å².